The largest absolute Gasteiger partial charge is 0.295 e. The lowest BCUT2D eigenvalue weighted by atomic mass is 10.2. The zero-order valence-electron chi connectivity index (χ0n) is 11.0. The van der Waals surface area contributed by atoms with Gasteiger partial charge < -0.3 is 0 Å². The Hall–Kier alpha value is -1.87. The van der Waals surface area contributed by atoms with Crippen molar-refractivity contribution < 1.29 is 12.8 Å². The number of hydrogen-bond acceptors (Lipinski definition) is 5. The van der Waals surface area contributed by atoms with Crippen molar-refractivity contribution in [2.45, 2.75) is 25.5 Å². The van der Waals surface area contributed by atoms with E-state index in [4.69, 9.17) is 5.14 Å². The van der Waals surface area contributed by atoms with Crippen LogP contribution in [0.5, 0.6) is 0 Å². The number of pyridine rings is 1. The highest BCUT2D eigenvalue weighted by atomic mass is 32.2. The highest BCUT2D eigenvalue weighted by molar-refractivity contribution is 7.89. The lowest BCUT2D eigenvalue weighted by Crippen LogP contribution is -2.20. The molecule has 0 saturated heterocycles. The van der Waals surface area contributed by atoms with Crippen LogP contribution in [0.25, 0.3) is 11.5 Å². The Kier molecular flexibility index (Phi) is 3.82. The van der Waals surface area contributed by atoms with Crippen molar-refractivity contribution in [3.05, 3.63) is 24.1 Å². The van der Waals surface area contributed by atoms with Crippen molar-refractivity contribution in [2.75, 3.05) is 0 Å². The van der Waals surface area contributed by atoms with Crippen molar-refractivity contribution in [3.63, 3.8) is 0 Å². The molecule has 0 atom stereocenters. The molecule has 0 aliphatic heterocycles. The monoisotopic (exact) mass is 299 g/mol. The number of hydrogen-bond donors (Lipinski definition) is 1. The van der Waals surface area contributed by atoms with E-state index in [1.54, 1.807) is 0 Å². The molecule has 0 unspecified atom stereocenters. The van der Waals surface area contributed by atoms with Crippen LogP contribution in [0.1, 0.15) is 13.8 Å². The summed E-state index contributed by atoms with van der Waals surface area (Å²) < 4.78 is 37.3. The van der Waals surface area contributed by atoms with Crippen LogP contribution in [0.15, 0.2) is 23.5 Å². The predicted octanol–water partition coefficient (Wildman–Crippen LogP) is 0.783. The summed E-state index contributed by atoms with van der Waals surface area (Å²) in [5.74, 6) is -0.108. The summed E-state index contributed by atoms with van der Waals surface area (Å²) in [5, 5.41) is 12.2. The molecule has 9 heteroatoms. The second-order valence-electron chi connectivity index (χ2n) is 4.72. The van der Waals surface area contributed by atoms with Gasteiger partial charge in [0.25, 0.3) is 15.2 Å². The highest BCUT2D eigenvalue weighted by Crippen LogP contribution is 2.19. The Balaban J connectivity index is 2.59. The Morgan fingerprint density at radius 2 is 2.05 bits per heavy atom. The smallest absolute Gasteiger partial charge is 0.273 e. The maximum absolute atomic E-state index is 12.9. The molecule has 0 spiro atoms. The number of sulfonamides is 1. The van der Waals surface area contributed by atoms with Gasteiger partial charge in [-0.25, -0.2) is 22.9 Å². The van der Waals surface area contributed by atoms with E-state index in [9.17, 15) is 12.8 Å². The molecule has 0 fully saturated rings. The van der Waals surface area contributed by atoms with E-state index in [1.807, 2.05) is 13.8 Å². The minimum absolute atomic E-state index is 0.144. The summed E-state index contributed by atoms with van der Waals surface area (Å²) >= 11 is 0. The number of nitrogens with zero attached hydrogens (tertiary/aromatic N) is 4. The molecule has 2 aromatic rings. The second kappa shape index (κ2) is 5.25. The fourth-order valence-corrected chi connectivity index (χ4v) is 2.35. The topological polar surface area (TPSA) is 104 Å². The fourth-order valence-electron chi connectivity index (χ4n) is 1.73. The number of halogens is 1. The number of nitrogens with two attached hydrogens (primary N) is 1. The third-order valence-corrected chi connectivity index (χ3v) is 3.29. The van der Waals surface area contributed by atoms with Crippen LogP contribution in [-0.4, -0.2) is 28.2 Å². The minimum atomic E-state index is -3.99. The van der Waals surface area contributed by atoms with Gasteiger partial charge in [-0.3, -0.25) is 4.57 Å². The molecule has 20 heavy (non-hydrogen) atoms. The van der Waals surface area contributed by atoms with Crippen molar-refractivity contribution >= 4 is 10.0 Å². The van der Waals surface area contributed by atoms with Gasteiger partial charge in [0.15, 0.2) is 5.82 Å². The zero-order valence-corrected chi connectivity index (χ0v) is 11.8. The minimum Gasteiger partial charge on any atom is -0.295 e. The normalized spacial score (nSPS) is 12.1. The van der Waals surface area contributed by atoms with Crippen LogP contribution in [0, 0.1) is 11.7 Å². The van der Waals surface area contributed by atoms with Crippen LogP contribution in [0.4, 0.5) is 4.39 Å². The second-order valence-corrected chi connectivity index (χ2v) is 6.17. The van der Waals surface area contributed by atoms with Crippen molar-refractivity contribution in [3.8, 4) is 11.5 Å². The van der Waals surface area contributed by atoms with Gasteiger partial charge in [0.1, 0.15) is 11.5 Å². The highest BCUT2D eigenvalue weighted by Gasteiger charge is 2.23. The Morgan fingerprint density at radius 3 is 2.55 bits per heavy atom. The standard InChI is InChI=1S/C11H14FN5O2S/c1-7(2)6-17-10(9-4-3-8(12)5-14-9)15-16-11(17)20(13,18)19/h3-5,7H,6H2,1-2H3,(H2,13,18,19). The van der Waals surface area contributed by atoms with E-state index in [1.165, 1.54) is 16.7 Å². The van der Waals surface area contributed by atoms with Crippen molar-refractivity contribution in [1.82, 2.24) is 19.7 Å². The maximum Gasteiger partial charge on any atom is 0.273 e. The van der Waals surface area contributed by atoms with Gasteiger partial charge in [0.05, 0.1) is 6.20 Å². The van der Waals surface area contributed by atoms with Gasteiger partial charge in [0.2, 0.25) is 0 Å². The Morgan fingerprint density at radius 1 is 1.35 bits per heavy atom. The maximum atomic E-state index is 12.9. The van der Waals surface area contributed by atoms with E-state index >= 15 is 0 Å². The number of aromatic nitrogens is 4. The van der Waals surface area contributed by atoms with Crippen LogP contribution < -0.4 is 5.14 Å². The van der Waals surface area contributed by atoms with Crippen LogP contribution in [0.3, 0.4) is 0 Å². The van der Waals surface area contributed by atoms with E-state index < -0.39 is 15.8 Å². The van der Waals surface area contributed by atoms with Gasteiger partial charge in [0, 0.05) is 6.54 Å². The molecule has 2 heterocycles. The first-order valence-corrected chi connectivity index (χ1v) is 7.41. The number of rotatable bonds is 4. The van der Waals surface area contributed by atoms with Crippen LogP contribution in [0.2, 0.25) is 0 Å². The first-order valence-electron chi connectivity index (χ1n) is 5.87. The van der Waals surface area contributed by atoms with E-state index in [-0.39, 0.29) is 16.9 Å². The Bertz CT molecular complexity index is 709. The first kappa shape index (κ1) is 14.5. The molecule has 2 N–H and O–H groups in total. The van der Waals surface area contributed by atoms with Crippen LogP contribution >= 0.6 is 0 Å². The Labute approximate surface area is 115 Å². The summed E-state index contributed by atoms with van der Waals surface area (Å²) in [6, 6.07) is 2.62. The molecule has 0 saturated carbocycles. The summed E-state index contributed by atoms with van der Waals surface area (Å²) in [6.45, 7) is 4.18. The molecule has 2 rings (SSSR count). The van der Waals surface area contributed by atoms with Crippen LogP contribution in [-0.2, 0) is 16.6 Å². The van der Waals surface area contributed by atoms with Gasteiger partial charge in [-0.2, -0.15) is 0 Å². The molecule has 108 valence electrons. The predicted molar refractivity (Wildman–Crippen MR) is 69.4 cm³/mol. The van der Waals surface area contributed by atoms with E-state index in [0.717, 1.165) is 6.20 Å². The molecule has 2 aromatic heterocycles. The van der Waals surface area contributed by atoms with Gasteiger partial charge in [-0.1, -0.05) is 13.8 Å². The van der Waals surface area contributed by atoms with Gasteiger partial charge in [-0.05, 0) is 18.1 Å². The molecule has 0 bridgehead atoms. The van der Waals surface area contributed by atoms with Crippen molar-refractivity contribution in [2.24, 2.45) is 11.1 Å². The fraction of sp³-hybridized carbons (Fsp3) is 0.364. The third kappa shape index (κ3) is 2.99. The molecule has 0 radical (unpaired) electrons. The van der Waals surface area contributed by atoms with Gasteiger partial charge in [-0.15, -0.1) is 10.2 Å². The molecule has 7 nitrogen and oxygen atoms in total. The quantitative estimate of drug-likeness (QED) is 0.898. The van der Waals surface area contributed by atoms with E-state index in [2.05, 4.69) is 15.2 Å². The summed E-state index contributed by atoms with van der Waals surface area (Å²) in [4.78, 5) is 3.88. The first-order chi connectivity index (χ1) is 9.29. The molecular formula is C11H14FN5O2S. The summed E-state index contributed by atoms with van der Waals surface area (Å²) in [6.07, 6.45) is 1.03. The summed E-state index contributed by atoms with van der Waals surface area (Å²) in [5.41, 5.74) is 0.328. The average Bonchev–Trinajstić information content (AvgIpc) is 2.72. The average molecular weight is 299 g/mol. The molecule has 0 aliphatic carbocycles. The van der Waals surface area contributed by atoms with Crippen molar-refractivity contribution in [1.29, 1.82) is 0 Å². The lowest BCUT2D eigenvalue weighted by Gasteiger charge is -2.11. The zero-order chi connectivity index (χ0) is 14.9. The van der Waals surface area contributed by atoms with E-state index in [0.29, 0.717) is 12.2 Å². The number of primary sulfonamides is 1. The summed E-state index contributed by atoms with van der Waals surface area (Å²) in [7, 11) is -3.99. The lowest BCUT2D eigenvalue weighted by molar-refractivity contribution is 0.485. The molecule has 0 aliphatic rings. The van der Waals surface area contributed by atoms with Gasteiger partial charge >= 0.3 is 0 Å². The SMILES string of the molecule is CC(C)Cn1c(-c2ccc(F)cn2)nnc1S(N)(=O)=O. The molecule has 0 aromatic carbocycles. The molecular weight excluding hydrogens is 285 g/mol. The third-order valence-electron chi connectivity index (χ3n) is 2.48. The molecule has 0 amide bonds.